The van der Waals surface area contributed by atoms with E-state index >= 15 is 0 Å². The Labute approximate surface area is 122 Å². The van der Waals surface area contributed by atoms with Crippen molar-refractivity contribution in [2.24, 2.45) is 0 Å². The Bertz CT molecular complexity index is 730. The smallest absolute Gasteiger partial charge is 0.253 e. The van der Waals surface area contributed by atoms with E-state index in [0.717, 1.165) is 29.3 Å². The number of fused-ring (bicyclic) bond motifs is 1. The monoisotopic (exact) mass is 286 g/mol. The topological polar surface area (TPSA) is 71.2 Å². The SMILES string of the molecule is Cc1ccc2cc(CNC(=O)C3CCCO3)c(=O)[nH]c2c1. The normalized spacial score (nSPS) is 18.0. The molecule has 0 radical (unpaired) electrons. The van der Waals surface area contributed by atoms with E-state index in [-0.39, 0.29) is 24.1 Å². The van der Waals surface area contributed by atoms with Gasteiger partial charge in [-0.25, -0.2) is 0 Å². The van der Waals surface area contributed by atoms with Crippen molar-refractivity contribution in [1.82, 2.24) is 10.3 Å². The third-order valence-corrected chi connectivity index (χ3v) is 3.75. The molecule has 5 nitrogen and oxygen atoms in total. The molecule has 0 saturated carbocycles. The summed E-state index contributed by atoms with van der Waals surface area (Å²) in [5.74, 6) is -0.143. The van der Waals surface area contributed by atoms with Gasteiger partial charge >= 0.3 is 0 Å². The standard InChI is InChI=1S/C16H18N2O3/c1-10-4-5-11-8-12(15(19)18-13(11)7-10)9-17-16(20)14-3-2-6-21-14/h4-5,7-8,14H,2-3,6,9H2,1H3,(H,17,20)(H,18,19). The van der Waals surface area contributed by atoms with Gasteiger partial charge in [-0.15, -0.1) is 0 Å². The van der Waals surface area contributed by atoms with Crippen LogP contribution >= 0.6 is 0 Å². The fourth-order valence-corrected chi connectivity index (χ4v) is 2.57. The first kappa shape index (κ1) is 13.8. The van der Waals surface area contributed by atoms with E-state index in [2.05, 4.69) is 10.3 Å². The Morgan fingerprint density at radius 1 is 1.43 bits per heavy atom. The molecule has 1 amide bonds. The van der Waals surface area contributed by atoms with Crippen molar-refractivity contribution in [2.45, 2.75) is 32.4 Å². The molecular weight excluding hydrogens is 268 g/mol. The minimum Gasteiger partial charge on any atom is -0.368 e. The number of carbonyl (C=O) groups is 1. The fraction of sp³-hybridized carbons (Fsp3) is 0.375. The number of ether oxygens (including phenoxy) is 1. The number of H-pyrrole nitrogens is 1. The molecule has 2 heterocycles. The van der Waals surface area contributed by atoms with Crippen molar-refractivity contribution in [2.75, 3.05) is 6.61 Å². The predicted octanol–water partition coefficient (Wildman–Crippen LogP) is 1.63. The van der Waals surface area contributed by atoms with Crippen LogP contribution < -0.4 is 10.9 Å². The van der Waals surface area contributed by atoms with E-state index in [4.69, 9.17) is 4.74 Å². The maximum absolute atomic E-state index is 12.0. The maximum atomic E-state index is 12.0. The molecule has 1 atom stereocenters. The molecule has 1 aromatic carbocycles. The molecule has 3 rings (SSSR count). The summed E-state index contributed by atoms with van der Waals surface area (Å²) in [5, 5.41) is 3.73. The lowest BCUT2D eigenvalue weighted by molar-refractivity contribution is -0.130. The van der Waals surface area contributed by atoms with Gasteiger partial charge in [-0.05, 0) is 42.8 Å². The van der Waals surface area contributed by atoms with Gasteiger partial charge < -0.3 is 15.0 Å². The highest BCUT2D eigenvalue weighted by molar-refractivity contribution is 5.82. The zero-order valence-electron chi connectivity index (χ0n) is 11.9. The Hall–Kier alpha value is -2.14. The average molecular weight is 286 g/mol. The van der Waals surface area contributed by atoms with Gasteiger partial charge in [0.15, 0.2) is 0 Å². The molecular formula is C16H18N2O3. The van der Waals surface area contributed by atoms with Crippen molar-refractivity contribution in [3.63, 3.8) is 0 Å². The predicted molar refractivity (Wildman–Crippen MR) is 80.1 cm³/mol. The van der Waals surface area contributed by atoms with Crippen molar-refractivity contribution in [3.8, 4) is 0 Å². The van der Waals surface area contributed by atoms with E-state index in [1.165, 1.54) is 0 Å². The first-order valence-corrected chi connectivity index (χ1v) is 7.15. The molecule has 1 aliphatic heterocycles. The second kappa shape index (κ2) is 5.69. The number of hydrogen-bond acceptors (Lipinski definition) is 3. The van der Waals surface area contributed by atoms with Crippen LogP contribution in [0.4, 0.5) is 0 Å². The third-order valence-electron chi connectivity index (χ3n) is 3.75. The molecule has 0 bridgehead atoms. The molecule has 0 aliphatic carbocycles. The number of aromatic amines is 1. The van der Waals surface area contributed by atoms with Crippen LogP contribution in [-0.2, 0) is 16.1 Å². The lowest BCUT2D eigenvalue weighted by atomic mass is 10.1. The van der Waals surface area contributed by atoms with Gasteiger partial charge in [-0.2, -0.15) is 0 Å². The number of aromatic nitrogens is 1. The molecule has 110 valence electrons. The lowest BCUT2D eigenvalue weighted by Gasteiger charge is -2.10. The number of hydrogen-bond donors (Lipinski definition) is 2. The van der Waals surface area contributed by atoms with E-state index in [1.54, 1.807) is 0 Å². The number of benzene rings is 1. The summed E-state index contributed by atoms with van der Waals surface area (Å²) in [6.07, 6.45) is 1.29. The van der Waals surface area contributed by atoms with Crippen LogP contribution in [0.3, 0.4) is 0 Å². The molecule has 2 aromatic rings. The van der Waals surface area contributed by atoms with Crippen LogP contribution in [-0.4, -0.2) is 23.6 Å². The fourth-order valence-electron chi connectivity index (χ4n) is 2.57. The molecule has 1 aromatic heterocycles. The van der Waals surface area contributed by atoms with E-state index in [9.17, 15) is 9.59 Å². The summed E-state index contributed by atoms with van der Waals surface area (Å²) in [6.45, 7) is 2.83. The Morgan fingerprint density at radius 3 is 3.05 bits per heavy atom. The van der Waals surface area contributed by atoms with Crippen LogP contribution in [0.5, 0.6) is 0 Å². The van der Waals surface area contributed by atoms with Crippen LogP contribution in [0.2, 0.25) is 0 Å². The number of amides is 1. The quantitative estimate of drug-likeness (QED) is 0.901. The van der Waals surface area contributed by atoms with Crippen LogP contribution in [0.25, 0.3) is 10.9 Å². The van der Waals surface area contributed by atoms with E-state index < -0.39 is 0 Å². The van der Waals surface area contributed by atoms with E-state index in [0.29, 0.717) is 12.2 Å². The number of aryl methyl sites for hydroxylation is 1. The van der Waals surface area contributed by atoms with Gasteiger partial charge in [0.1, 0.15) is 6.10 Å². The third kappa shape index (κ3) is 2.97. The molecule has 1 fully saturated rings. The van der Waals surface area contributed by atoms with Crippen molar-refractivity contribution < 1.29 is 9.53 Å². The molecule has 21 heavy (non-hydrogen) atoms. The summed E-state index contributed by atoms with van der Waals surface area (Å²) in [5.41, 5.74) is 2.30. The number of pyridine rings is 1. The van der Waals surface area contributed by atoms with Crippen LogP contribution in [0.15, 0.2) is 29.1 Å². The zero-order valence-corrected chi connectivity index (χ0v) is 11.9. The van der Waals surface area contributed by atoms with Crippen molar-refractivity contribution in [1.29, 1.82) is 0 Å². The zero-order chi connectivity index (χ0) is 14.8. The summed E-state index contributed by atoms with van der Waals surface area (Å²) in [7, 11) is 0. The molecule has 0 spiro atoms. The van der Waals surface area contributed by atoms with Gasteiger partial charge in [-0.1, -0.05) is 12.1 Å². The van der Waals surface area contributed by atoms with Gasteiger partial charge in [0.05, 0.1) is 0 Å². The van der Waals surface area contributed by atoms with E-state index in [1.807, 2.05) is 31.2 Å². The molecule has 1 saturated heterocycles. The van der Waals surface area contributed by atoms with Gasteiger partial charge in [0.25, 0.3) is 5.56 Å². The second-order valence-corrected chi connectivity index (χ2v) is 5.43. The Balaban J connectivity index is 1.77. The minimum absolute atomic E-state index is 0.143. The van der Waals surface area contributed by atoms with Crippen LogP contribution in [0, 0.1) is 6.92 Å². The number of rotatable bonds is 3. The number of nitrogens with one attached hydrogen (secondary N) is 2. The van der Waals surface area contributed by atoms with Gasteiger partial charge in [0, 0.05) is 24.2 Å². The second-order valence-electron chi connectivity index (χ2n) is 5.43. The summed E-state index contributed by atoms with van der Waals surface area (Å²) < 4.78 is 5.32. The highest BCUT2D eigenvalue weighted by atomic mass is 16.5. The summed E-state index contributed by atoms with van der Waals surface area (Å²) >= 11 is 0. The first-order valence-electron chi connectivity index (χ1n) is 7.15. The minimum atomic E-state index is -0.368. The largest absolute Gasteiger partial charge is 0.368 e. The van der Waals surface area contributed by atoms with Crippen molar-refractivity contribution >= 4 is 16.8 Å². The highest BCUT2D eigenvalue weighted by Crippen LogP contribution is 2.14. The van der Waals surface area contributed by atoms with Gasteiger partial charge in [0.2, 0.25) is 5.91 Å². The Kier molecular flexibility index (Phi) is 3.75. The molecule has 1 aliphatic rings. The summed E-state index contributed by atoms with van der Waals surface area (Å²) in [4.78, 5) is 26.8. The average Bonchev–Trinajstić information content (AvgIpc) is 2.99. The van der Waals surface area contributed by atoms with Crippen LogP contribution in [0.1, 0.15) is 24.0 Å². The summed E-state index contributed by atoms with van der Waals surface area (Å²) in [6, 6.07) is 7.72. The molecule has 5 heteroatoms. The molecule has 1 unspecified atom stereocenters. The molecule has 2 N–H and O–H groups in total. The highest BCUT2D eigenvalue weighted by Gasteiger charge is 2.23. The van der Waals surface area contributed by atoms with Gasteiger partial charge in [-0.3, -0.25) is 9.59 Å². The first-order chi connectivity index (χ1) is 10.1. The Morgan fingerprint density at radius 2 is 2.29 bits per heavy atom. The lowest BCUT2D eigenvalue weighted by Crippen LogP contribution is -2.35. The number of carbonyl (C=O) groups excluding carboxylic acids is 1. The van der Waals surface area contributed by atoms with Crippen molar-refractivity contribution in [3.05, 3.63) is 45.7 Å². The maximum Gasteiger partial charge on any atom is 0.253 e.